The zero-order valence-corrected chi connectivity index (χ0v) is 10.3. The second-order valence-corrected chi connectivity index (χ2v) is 1.66. The first-order chi connectivity index (χ1) is 4.39. The van der Waals surface area contributed by atoms with Crippen LogP contribution in [0.15, 0.2) is 6.08 Å². The van der Waals surface area contributed by atoms with Crippen LogP contribution in [0.25, 0.3) is 0 Å². The van der Waals surface area contributed by atoms with Crippen LogP contribution in [-0.2, 0) is 19.6 Å². The summed E-state index contributed by atoms with van der Waals surface area (Å²) in [6.07, 6.45) is 7.19. The van der Waals surface area contributed by atoms with Crippen molar-refractivity contribution in [3.8, 4) is 0 Å². The van der Waals surface area contributed by atoms with E-state index < -0.39 is 0 Å². The van der Waals surface area contributed by atoms with Gasteiger partial charge < -0.3 is 10.9 Å². The van der Waals surface area contributed by atoms with Crippen molar-refractivity contribution in [3.63, 3.8) is 0 Å². The molecule has 0 aliphatic heterocycles. The summed E-state index contributed by atoms with van der Waals surface area (Å²) in [5.74, 6) is 0.159. The topological polar surface area (TPSA) is 17.1 Å². The van der Waals surface area contributed by atoms with E-state index >= 15 is 0 Å². The van der Waals surface area contributed by atoms with Gasteiger partial charge in [0.1, 0.15) is 0 Å². The van der Waals surface area contributed by atoms with E-state index in [0.717, 1.165) is 12.8 Å². The van der Waals surface area contributed by atoms with Crippen molar-refractivity contribution in [2.45, 2.75) is 19.3 Å². The molecule has 0 aromatic rings. The fourth-order valence-electron chi connectivity index (χ4n) is 0.623. The number of hydrogen-bond acceptors (Lipinski definition) is 1. The van der Waals surface area contributed by atoms with Gasteiger partial charge in [0, 0.05) is 0 Å². The summed E-state index contributed by atoms with van der Waals surface area (Å²) < 4.78 is 0. The molecule has 0 radical (unpaired) electrons. The molecule has 1 aliphatic carbocycles. The van der Waals surface area contributed by atoms with Gasteiger partial charge in [0.2, 0.25) is 0 Å². The molecule has 0 aromatic heterocycles. The van der Waals surface area contributed by atoms with Crippen LogP contribution in [0.5, 0.6) is 0 Å². The van der Waals surface area contributed by atoms with E-state index in [1.54, 1.807) is 0 Å². The minimum atomic E-state index is 0.159. The summed E-state index contributed by atoms with van der Waals surface area (Å²) in [7, 11) is 0. The van der Waals surface area contributed by atoms with Gasteiger partial charge in [0.15, 0.2) is 0 Å². The Morgan fingerprint density at radius 2 is 2.33 bits per heavy atom. The predicted octanol–water partition coefficient (Wildman–Crippen LogP) is 1.98. The minimum absolute atomic E-state index is 0.159. The van der Waals surface area contributed by atoms with E-state index in [2.05, 4.69) is 25.8 Å². The summed E-state index contributed by atoms with van der Waals surface area (Å²) in [4.78, 5) is 10.3. The maximum absolute atomic E-state index is 10.3. The number of rotatable bonds is 0. The number of hydrogen-bond donors (Lipinski definition) is 0. The van der Waals surface area contributed by atoms with Gasteiger partial charge in [0.25, 0.3) is 0 Å². The third kappa shape index (κ3) is 5.22. The molecule has 0 bridgehead atoms. The molecule has 0 aromatic carbocycles. The quantitative estimate of drug-likeness (QED) is 0.378. The average molecular weight is 287 g/mol. The van der Waals surface area contributed by atoms with Gasteiger partial charge in [-0.05, 0) is 18.6 Å². The van der Waals surface area contributed by atoms with Crippen molar-refractivity contribution in [1.29, 1.82) is 0 Å². The molecular formula is C6H7IOZn. The van der Waals surface area contributed by atoms with Crippen LogP contribution in [0.3, 0.4) is 0 Å². The van der Waals surface area contributed by atoms with Gasteiger partial charge in [-0.2, -0.15) is 0 Å². The van der Waals surface area contributed by atoms with Gasteiger partial charge in [0.05, 0.1) is 0 Å². The van der Waals surface area contributed by atoms with Gasteiger partial charge in [-0.25, -0.2) is 0 Å². The second kappa shape index (κ2) is 6.88. The molecule has 0 saturated heterocycles. The van der Waals surface area contributed by atoms with E-state index in [4.69, 9.17) is 0 Å². The Morgan fingerprint density at radius 1 is 1.67 bits per heavy atom. The Balaban J connectivity index is 0.000000291. The Morgan fingerprint density at radius 3 is 2.56 bits per heavy atom. The molecular weight excluding hydrogens is 280 g/mol. The molecule has 1 aliphatic rings. The van der Waals surface area contributed by atoms with E-state index in [9.17, 15) is 4.79 Å². The van der Waals surface area contributed by atoms with Crippen LogP contribution in [0, 0.1) is 6.08 Å². The Bertz CT molecular complexity index is 112. The van der Waals surface area contributed by atoms with E-state index in [0.29, 0.717) is 6.42 Å². The fraction of sp³-hybridized carbons (Fsp3) is 0.500. The maximum atomic E-state index is 10.3. The summed E-state index contributed by atoms with van der Waals surface area (Å²) in [5.41, 5.74) is 0. The van der Waals surface area contributed by atoms with Gasteiger partial charge in [-0.3, -0.25) is 6.08 Å². The molecule has 9 heavy (non-hydrogen) atoms. The summed E-state index contributed by atoms with van der Waals surface area (Å²) in [6, 6.07) is 0. The molecule has 0 atom stereocenters. The molecule has 0 amide bonds. The Hall–Kier alpha value is 0.763. The first-order valence-electron chi connectivity index (χ1n) is 2.77. The molecule has 1 nitrogen and oxygen atoms in total. The predicted molar refractivity (Wildman–Crippen MR) is 40.7 cm³/mol. The molecule has 0 unspecified atom stereocenters. The van der Waals surface area contributed by atoms with E-state index in [1.807, 2.05) is 6.08 Å². The molecule has 1 rings (SSSR count). The van der Waals surface area contributed by atoms with Crippen LogP contribution in [0.2, 0.25) is 0 Å². The van der Waals surface area contributed by atoms with Crippen molar-refractivity contribution in [2.75, 3.05) is 0 Å². The molecule has 0 saturated carbocycles. The third-order valence-electron chi connectivity index (χ3n) is 1.02. The fourth-order valence-corrected chi connectivity index (χ4v) is 0.623. The third-order valence-corrected chi connectivity index (χ3v) is 1.02. The van der Waals surface area contributed by atoms with Crippen molar-refractivity contribution in [1.82, 2.24) is 0 Å². The Kier molecular flexibility index (Phi) is 7.46. The zero-order chi connectivity index (χ0) is 7.11. The van der Waals surface area contributed by atoms with Gasteiger partial charge in [-0.1, -0.05) is 6.42 Å². The normalized spacial score (nSPS) is 16.6. The second-order valence-electron chi connectivity index (χ2n) is 1.66. The van der Waals surface area contributed by atoms with Crippen molar-refractivity contribution >= 4 is 25.5 Å². The van der Waals surface area contributed by atoms with Crippen LogP contribution < -0.4 is 0 Å². The van der Waals surface area contributed by atoms with Crippen molar-refractivity contribution in [3.05, 3.63) is 12.2 Å². The summed E-state index contributed by atoms with van der Waals surface area (Å²) in [6.45, 7) is 0. The molecule has 46 valence electrons. The van der Waals surface area contributed by atoms with E-state index in [-0.39, 0.29) is 5.78 Å². The van der Waals surface area contributed by atoms with Crippen LogP contribution in [-0.4, -0.2) is 5.78 Å². The van der Waals surface area contributed by atoms with Gasteiger partial charge in [-0.15, -0.1) is 0 Å². The zero-order valence-electron chi connectivity index (χ0n) is 5.19. The van der Waals surface area contributed by atoms with Crippen molar-refractivity contribution < 1.29 is 19.6 Å². The monoisotopic (exact) mass is 286 g/mol. The molecule has 3 heteroatoms. The molecule has 0 heterocycles. The number of ketones is 1. The first-order valence-corrected chi connectivity index (χ1v) is 11.8. The first kappa shape index (κ1) is 9.76. The van der Waals surface area contributed by atoms with Crippen molar-refractivity contribution in [2.24, 2.45) is 0 Å². The standard InChI is InChI=1S/C6H7O.HI.Zn/c7-6-4-2-1-3-5-6;;/h2H,1,3,5H2;1H;/q-1;;+2/p-1. The Labute approximate surface area is 76.1 Å². The summed E-state index contributed by atoms with van der Waals surface area (Å²) >= 11 is 3.62. The van der Waals surface area contributed by atoms with Crippen LogP contribution >= 0.6 is 19.8 Å². The SMILES string of the molecule is O=C1[C-]=CCCC1.[Zn+][I]. The molecule has 0 spiro atoms. The number of carbonyl (C=O) groups is 1. The number of allylic oxidation sites excluding steroid dienone is 2. The molecule has 0 fully saturated rings. The summed E-state index contributed by atoms with van der Waals surface area (Å²) in [5, 5.41) is 0. The number of carbonyl (C=O) groups excluding carboxylic acids is 1. The van der Waals surface area contributed by atoms with Crippen LogP contribution in [0.1, 0.15) is 19.3 Å². The molecule has 0 N–H and O–H groups in total. The van der Waals surface area contributed by atoms with Gasteiger partial charge >= 0.3 is 34.5 Å². The number of halogens is 1. The number of Topliss-reactive ketones (excluding diaryl/α,β-unsaturated/α-hetero) is 1. The average Bonchev–Trinajstić information content (AvgIpc) is 1.94. The van der Waals surface area contributed by atoms with Crippen LogP contribution in [0.4, 0.5) is 0 Å². The van der Waals surface area contributed by atoms with E-state index in [1.165, 1.54) is 14.8 Å².